The van der Waals surface area contributed by atoms with Gasteiger partial charge in [0.25, 0.3) is 0 Å². The van der Waals surface area contributed by atoms with Gasteiger partial charge in [-0.3, -0.25) is 14.5 Å². The number of hydrogen-bond acceptors (Lipinski definition) is 7. The zero-order valence-electron chi connectivity index (χ0n) is 20.5. The highest BCUT2D eigenvalue weighted by Crippen LogP contribution is 2.50. The molecular formula is C27H29BFNO6S. The molecule has 0 saturated carbocycles. The van der Waals surface area contributed by atoms with Crippen LogP contribution in [0.3, 0.4) is 0 Å². The summed E-state index contributed by atoms with van der Waals surface area (Å²) < 4.78 is 19.6. The van der Waals surface area contributed by atoms with Crippen LogP contribution in [0, 0.1) is 23.6 Å². The van der Waals surface area contributed by atoms with Crippen molar-refractivity contribution in [2.75, 3.05) is 6.61 Å². The van der Waals surface area contributed by atoms with Gasteiger partial charge in [0.05, 0.1) is 31.1 Å². The lowest BCUT2D eigenvalue weighted by Gasteiger charge is -2.42. The predicted molar refractivity (Wildman–Crippen MR) is 138 cm³/mol. The third-order valence-corrected chi connectivity index (χ3v) is 8.53. The van der Waals surface area contributed by atoms with Crippen LogP contribution in [-0.2, 0) is 20.8 Å². The Hall–Kier alpha value is -2.79. The Morgan fingerprint density at radius 2 is 2.08 bits per heavy atom. The number of thiophene rings is 1. The van der Waals surface area contributed by atoms with E-state index in [4.69, 9.17) is 4.65 Å². The number of phenols is 1. The highest BCUT2D eigenvalue weighted by Gasteiger charge is 2.57. The number of halogens is 1. The summed E-state index contributed by atoms with van der Waals surface area (Å²) in [5.74, 6) is -3.03. The molecular weight excluding hydrogens is 496 g/mol. The van der Waals surface area contributed by atoms with Gasteiger partial charge in [-0.05, 0) is 78.7 Å². The molecule has 10 heteroatoms. The monoisotopic (exact) mass is 525 g/mol. The molecule has 4 atom stereocenters. The molecule has 5 rings (SSSR count). The summed E-state index contributed by atoms with van der Waals surface area (Å²) in [6.45, 7) is 1.91. The van der Waals surface area contributed by atoms with Gasteiger partial charge in [0.2, 0.25) is 11.8 Å². The van der Waals surface area contributed by atoms with Crippen molar-refractivity contribution >= 4 is 36.3 Å². The Balaban J connectivity index is 1.37. The molecule has 2 saturated heterocycles. The average Bonchev–Trinajstić information content (AvgIpc) is 3.47. The van der Waals surface area contributed by atoms with Gasteiger partial charge in [0.15, 0.2) is 11.6 Å². The number of nitrogens with zero attached hydrogens (tertiary/aromatic N) is 1. The number of amides is 2. The molecule has 2 amide bonds. The van der Waals surface area contributed by atoms with Crippen LogP contribution in [0.25, 0.3) is 6.08 Å². The van der Waals surface area contributed by atoms with Crippen molar-refractivity contribution in [3.05, 3.63) is 68.7 Å². The SMILES string of the molecule is C/C(=C\c1ccc(O)c(F)c1)CC[C@H]1OB(O)C[C@H]2C1=C(CO)C[C@H]1C(=O)N(Cc3cccs3)C(=O)[C@H]12. The Morgan fingerprint density at radius 1 is 1.27 bits per heavy atom. The van der Waals surface area contributed by atoms with Crippen molar-refractivity contribution in [2.24, 2.45) is 17.8 Å². The first-order valence-electron chi connectivity index (χ1n) is 12.5. The van der Waals surface area contributed by atoms with Gasteiger partial charge in [-0.2, -0.15) is 0 Å². The molecule has 1 aromatic heterocycles. The summed E-state index contributed by atoms with van der Waals surface area (Å²) in [6.07, 6.45) is 2.87. The van der Waals surface area contributed by atoms with Gasteiger partial charge in [0, 0.05) is 4.88 Å². The standard InChI is InChI=1S/C27H29BFNO6S/c1-15(9-16-5-6-22(32)21(29)10-16)4-7-23-24-17(14-31)11-19-25(20(24)12-28(35)36-23)27(34)30(26(19)33)13-18-3-2-8-37-18/h2-3,5-6,8-10,19-20,23,25,31-32,35H,4,7,11-14H2,1H3/b15-9+/t19-,20+,23-,25-/m1/s1. The van der Waals surface area contributed by atoms with E-state index in [0.29, 0.717) is 30.4 Å². The number of hydrogen-bond donors (Lipinski definition) is 3. The van der Waals surface area contributed by atoms with Gasteiger partial charge < -0.3 is 19.9 Å². The molecule has 1 aromatic carbocycles. The second-order valence-electron chi connectivity index (χ2n) is 10.1. The molecule has 0 bridgehead atoms. The van der Waals surface area contributed by atoms with Crippen molar-refractivity contribution in [2.45, 2.75) is 45.2 Å². The van der Waals surface area contributed by atoms with Crippen LogP contribution in [0.5, 0.6) is 5.75 Å². The molecule has 37 heavy (non-hydrogen) atoms. The maximum Gasteiger partial charge on any atom is 0.455 e. The highest BCUT2D eigenvalue weighted by molar-refractivity contribution is 7.09. The fraction of sp³-hybridized carbons (Fsp3) is 0.407. The van der Waals surface area contributed by atoms with E-state index in [2.05, 4.69) is 0 Å². The molecule has 1 aliphatic carbocycles. The number of carbonyl (C=O) groups excluding carboxylic acids is 2. The Kier molecular flexibility index (Phi) is 7.36. The first kappa shape index (κ1) is 25.8. The number of rotatable bonds is 7. The lowest BCUT2D eigenvalue weighted by Crippen LogP contribution is -2.46. The van der Waals surface area contributed by atoms with Gasteiger partial charge >= 0.3 is 7.12 Å². The summed E-state index contributed by atoms with van der Waals surface area (Å²) in [7, 11) is -1.08. The van der Waals surface area contributed by atoms with Crippen molar-refractivity contribution < 1.29 is 33.9 Å². The van der Waals surface area contributed by atoms with Gasteiger partial charge in [-0.15, -0.1) is 11.3 Å². The summed E-state index contributed by atoms with van der Waals surface area (Å²) in [4.78, 5) is 29.0. The second kappa shape index (κ2) is 10.5. The quantitative estimate of drug-likeness (QED) is 0.289. The first-order valence-corrected chi connectivity index (χ1v) is 13.3. The normalized spacial score (nSPS) is 26.1. The number of carbonyl (C=O) groups is 2. The largest absolute Gasteiger partial charge is 0.505 e. The lowest BCUT2D eigenvalue weighted by atomic mass is 9.58. The number of allylic oxidation sites excluding steroid dienone is 1. The third kappa shape index (κ3) is 5.03. The minimum absolute atomic E-state index is 0.198. The number of aromatic hydroxyl groups is 1. The van der Waals surface area contributed by atoms with E-state index in [9.17, 15) is 29.2 Å². The molecule has 0 radical (unpaired) electrons. The van der Waals surface area contributed by atoms with E-state index in [1.165, 1.54) is 28.4 Å². The van der Waals surface area contributed by atoms with Gasteiger partial charge in [-0.25, -0.2) is 4.39 Å². The Morgan fingerprint density at radius 3 is 2.78 bits per heavy atom. The number of benzene rings is 1. The van der Waals surface area contributed by atoms with Crippen LogP contribution in [0.4, 0.5) is 4.39 Å². The first-order chi connectivity index (χ1) is 17.8. The van der Waals surface area contributed by atoms with E-state index < -0.39 is 36.6 Å². The number of fused-ring (bicyclic) bond motifs is 3. The Bertz CT molecular complexity index is 1260. The van der Waals surface area contributed by atoms with E-state index in [0.717, 1.165) is 16.0 Å². The molecule has 3 aliphatic rings. The minimum atomic E-state index is -1.08. The van der Waals surface area contributed by atoms with Gasteiger partial charge in [0.1, 0.15) is 0 Å². The highest BCUT2D eigenvalue weighted by atomic mass is 32.1. The van der Waals surface area contributed by atoms with Crippen LogP contribution in [0.2, 0.25) is 6.32 Å². The fourth-order valence-corrected chi connectivity index (χ4v) is 6.71. The number of aliphatic hydroxyl groups is 1. The summed E-state index contributed by atoms with van der Waals surface area (Å²) in [5, 5.41) is 32.1. The second-order valence-corrected chi connectivity index (χ2v) is 11.1. The maximum absolute atomic E-state index is 13.7. The molecule has 2 aromatic rings. The molecule has 7 nitrogen and oxygen atoms in total. The smallest absolute Gasteiger partial charge is 0.455 e. The fourth-order valence-electron chi connectivity index (χ4n) is 6.02. The molecule has 2 fully saturated rings. The zero-order valence-corrected chi connectivity index (χ0v) is 21.3. The molecule has 0 spiro atoms. The molecule has 3 heterocycles. The zero-order chi connectivity index (χ0) is 26.3. The van der Waals surface area contributed by atoms with Crippen LogP contribution in [-0.4, -0.2) is 51.8 Å². The van der Waals surface area contributed by atoms with Crippen molar-refractivity contribution in [1.82, 2.24) is 4.90 Å². The molecule has 194 valence electrons. The van der Waals surface area contributed by atoms with Crippen molar-refractivity contribution in [3.63, 3.8) is 0 Å². The third-order valence-electron chi connectivity index (χ3n) is 7.67. The van der Waals surface area contributed by atoms with Crippen LogP contribution in [0.15, 0.2) is 52.4 Å². The van der Waals surface area contributed by atoms with E-state index in [-0.39, 0.29) is 37.2 Å². The summed E-state index contributed by atoms with van der Waals surface area (Å²) in [6, 6.07) is 7.96. The molecule has 0 unspecified atom stereocenters. The summed E-state index contributed by atoms with van der Waals surface area (Å²) >= 11 is 1.49. The topological polar surface area (TPSA) is 107 Å². The average molecular weight is 525 g/mol. The van der Waals surface area contributed by atoms with Crippen LogP contribution >= 0.6 is 11.3 Å². The van der Waals surface area contributed by atoms with Crippen molar-refractivity contribution in [3.8, 4) is 5.75 Å². The molecule has 3 N–H and O–H groups in total. The number of likely N-dealkylation sites (tertiary alicyclic amines) is 1. The van der Waals surface area contributed by atoms with Crippen LogP contribution in [0.1, 0.15) is 36.6 Å². The van der Waals surface area contributed by atoms with Crippen molar-refractivity contribution in [1.29, 1.82) is 0 Å². The lowest BCUT2D eigenvalue weighted by molar-refractivity contribution is -0.140. The maximum atomic E-state index is 13.7. The Labute approximate surface area is 219 Å². The van der Waals surface area contributed by atoms with Crippen LogP contribution < -0.4 is 0 Å². The minimum Gasteiger partial charge on any atom is -0.505 e. The number of aliphatic hydroxyl groups excluding tert-OH is 1. The number of imide groups is 1. The van der Waals surface area contributed by atoms with E-state index >= 15 is 0 Å². The predicted octanol–water partition coefficient (Wildman–Crippen LogP) is 3.77. The summed E-state index contributed by atoms with van der Waals surface area (Å²) in [5.41, 5.74) is 3.10. The van der Waals surface area contributed by atoms with Gasteiger partial charge in [-0.1, -0.05) is 23.8 Å². The number of phenolic OH excluding ortho intramolecular Hbond substituents is 1. The van der Waals surface area contributed by atoms with E-state index in [1.54, 1.807) is 6.07 Å². The molecule has 2 aliphatic heterocycles. The van der Waals surface area contributed by atoms with E-state index in [1.807, 2.05) is 30.5 Å².